The highest BCUT2D eigenvalue weighted by Crippen LogP contribution is 2.40. The highest BCUT2D eigenvalue weighted by atomic mass is 19.1. The molecule has 0 aliphatic carbocycles. The third-order valence-corrected chi connectivity index (χ3v) is 6.14. The van der Waals surface area contributed by atoms with Gasteiger partial charge in [-0.15, -0.1) is 0 Å². The Labute approximate surface area is 203 Å². The van der Waals surface area contributed by atoms with E-state index < -0.39 is 23.4 Å². The number of ether oxygens (including phenoxy) is 2. The van der Waals surface area contributed by atoms with Crippen LogP contribution < -0.4 is 0 Å². The monoisotopic (exact) mass is 475 g/mol. The van der Waals surface area contributed by atoms with Gasteiger partial charge in [0.2, 0.25) is 0 Å². The van der Waals surface area contributed by atoms with Crippen LogP contribution in [0.5, 0.6) is 0 Å². The van der Waals surface area contributed by atoms with Gasteiger partial charge in [0.25, 0.3) is 0 Å². The molecule has 3 aromatic carbocycles. The molecular weight excluding hydrogens is 449 g/mol. The van der Waals surface area contributed by atoms with Crippen LogP contribution in [-0.2, 0) is 37.8 Å². The average Bonchev–Trinajstić information content (AvgIpc) is 2.87. The predicted molar refractivity (Wildman–Crippen MR) is 127 cm³/mol. The van der Waals surface area contributed by atoms with Gasteiger partial charge in [0.15, 0.2) is 5.54 Å². The summed E-state index contributed by atoms with van der Waals surface area (Å²) in [5.74, 6) is -1.45. The molecule has 1 fully saturated rings. The van der Waals surface area contributed by atoms with Crippen LogP contribution in [0.15, 0.2) is 78.9 Å². The van der Waals surface area contributed by atoms with Gasteiger partial charge in [0.1, 0.15) is 24.8 Å². The zero-order valence-electron chi connectivity index (χ0n) is 19.4. The van der Waals surface area contributed by atoms with E-state index in [1.54, 1.807) is 19.1 Å². The van der Waals surface area contributed by atoms with Crippen molar-refractivity contribution >= 4 is 17.8 Å². The van der Waals surface area contributed by atoms with E-state index in [-0.39, 0.29) is 38.4 Å². The number of halogens is 1. The molecule has 0 bridgehead atoms. The highest BCUT2D eigenvalue weighted by molar-refractivity contribution is 5.95. The number of hydrogen-bond donors (Lipinski definition) is 0. The number of rotatable bonds is 6. The largest absolute Gasteiger partial charge is 0.459 e. The smallest absolute Gasteiger partial charge is 0.411 e. The van der Waals surface area contributed by atoms with Crippen LogP contribution in [0.4, 0.5) is 9.18 Å². The van der Waals surface area contributed by atoms with E-state index in [1.807, 2.05) is 48.5 Å². The molecule has 180 valence electrons. The second kappa shape index (κ2) is 10.5. The number of Topliss-reactive ketones (excluding diaryl/α,β-unsaturated/α-hetero) is 1. The number of carbonyl (C=O) groups excluding carboxylic acids is 3. The number of amides is 1. The minimum Gasteiger partial charge on any atom is -0.459 e. The first-order chi connectivity index (χ1) is 16.9. The van der Waals surface area contributed by atoms with Crippen LogP contribution in [0.25, 0.3) is 0 Å². The first kappa shape index (κ1) is 24.1. The van der Waals surface area contributed by atoms with Gasteiger partial charge in [0, 0.05) is 19.4 Å². The number of piperidine rings is 1. The fraction of sp³-hybridized carbons (Fsp3) is 0.250. The summed E-state index contributed by atoms with van der Waals surface area (Å²) in [6.45, 7) is 1.57. The van der Waals surface area contributed by atoms with Crippen molar-refractivity contribution < 1.29 is 28.2 Å². The molecule has 1 atom stereocenters. The summed E-state index contributed by atoms with van der Waals surface area (Å²) in [5.41, 5.74) is 0.533. The van der Waals surface area contributed by atoms with Gasteiger partial charge in [-0.05, 0) is 41.3 Å². The van der Waals surface area contributed by atoms with E-state index in [0.29, 0.717) is 11.1 Å². The molecule has 0 spiro atoms. The van der Waals surface area contributed by atoms with Crippen LogP contribution >= 0.6 is 0 Å². The molecule has 35 heavy (non-hydrogen) atoms. The van der Waals surface area contributed by atoms with Gasteiger partial charge < -0.3 is 9.47 Å². The van der Waals surface area contributed by atoms with Gasteiger partial charge in [-0.1, -0.05) is 66.7 Å². The van der Waals surface area contributed by atoms with E-state index in [2.05, 4.69) is 0 Å². The molecule has 3 aromatic rings. The predicted octanol–water partition coefficient (Wildman–Crippen LogP) is 5.07. The third-order valence-electron chi connectivity index (χ3n) is 6.14. The van der Waals surface area contributed by atoms with Gasteiger partial charge in [0.05, 0.1) is 0 Å². The van der Waals surface area contributed by atoms with E-state index in [0.717, 1.165) is 11.1 Å². The maximum absolute atomic E-state index is 14.0. The maximum atomic E-state index is 14.0. The van der Waals surface area contributed by atoms with E-state index >= 15 is 0 Å². The van der Waals surface area contributed by atoms with Crippen molar-refractivity contribution in [1.82, 2.24) is 4.90 Å². The standard InChI is InChI=1S/C28H26FNO5/c1-20-16-23(29)12-13-25(20)28(26(32)34-18-21-8-4-2-5-9-21)17-24(31)14-15-30(28)27(33)35-19-22-10-6-3-7-11-22/h2-13,16H,14-15,17-19H2,1H3. The van der Waals surface area contributed by atoms with Crippen LogP contribution in [0.2, 0.25) is 0 Å². The summed E-state index contributed by atoms with van der Waals surface area (Å²) in [6, 6.07) is 22.2. The fourth-order valence-electron chi connectivity index (χ4n) is 4.41. The quantitative estimate of drug-likeness (QED) is 0.465. The number of nitrogens with zero attached hydrogens (tertiary/aromatic N) is 1. The Morgan fingerprint density at radius 2 is 1.51 bits per heavy atom. The molecule has 0 saturated carbocycles. The number of likely N-dealkylation sites (tertiary alicyclic amines) is 1. The van der Waals surface area contributed by atoms with Crippen molar-refractivity contribution in [3.63, 3.8) is 0 Å². The molecule has 1 heterocycles. The summed E-state index contributed by atoms with van der Waals surface area (Å²) < 4.78 is 25.2. The Morgan fingerprint density at radius 1 is 0.914 bits per heavy atom. The number of ketones is 1. The highest BCUT2D eigenvalue weighted by Gasteiger charge is 2.54. The first-order valence-corrected chi connectivity index (χ1v) is 11.4. The summed E-state index contributed by atoms with van der Waals surface area (Å²) >= 11 is 0. The number of carbonyl (C=O) groups is 3. The minimum atomic E-state index is -1.77. The molecular formula is C28H26FNO5. The number of benzene rings is 3. The molecule has 1 aliphatic heterocycles. The van der Waals surface area contributed by atoms with Gasteiger partial charge in [-0.3, -0.25) is 9.69 Å². The molecule has 1 aliphatic rings. The molecule has 1 amide bonds. The minimum absolute atomic E-state index is 0.00165. The zero-order chi connectivity index (χ0) is 24.8. The molecule has 0 N–H and O–H groups in total. The number of hydrogen-bond acceptors (Lipinski definition) is 5. The Kier molecular flexibility index (Phi) is 7.25. The molecule has 1 saturated heterocycles. The summed E-state index contributed by atoms with van der Waals surface area (Å²) in [5, 5.41) is 0. The third kappa shape index (κ3) is 5.24. The van der Waals surface area contributed by atoms with Crippen LogP contribution in [0.1, 0.15) is 35.1 Å². The Morgan fingerprint density at radius 3 is 2.11 bits per heavy atom. The van der Waals surface area contributed by atoms with Crippen molar-refractivity contribution in [3.8, 4) is 0 Å². The molecule has 1 unspecified atom stereocenters. The lowest BCUT2D eigenvalue weighted by atomic mass is 9.78. The average molecular weight is 476 g/mol. The van der Waals surface area contributed by atoms with Gasteiger partial charge in [-0.2, -0.15) is 0 Å². The number of aryl methyl sites for hydroxylation is 1. The lowest BCUT2D eigenvalue weighted by molar-refractivity contribution is -0.164. The van der Waals surface area contributed by atoms with Crippen molar-refractivity contribution in [2.24, 2.45) is 0 Å². The number of esters is 1. The van der Waals surface area contributed by atoms with Gasteiger partial charge in [-0.25, -0.2) is 14.0 Å². The lowest BCUT2D eigenvalue weighted by Crippen LogP contribution is -2.59. The Hall–Kier alpha value is -4.00. The maximum Gasteiger partial charge on any atom is 0.411 e. The van der Waals surface area contributed by atoms with E-state index in [1.165, 1.54) is 23.1 Å². The van der Waals surface area contributed by atoms with Crippen molar-refractivity contribution in [2.75, 3.05) is 6.54 Å². The lowest BCUT2D eigenvalue weighted by Gasteiger charge is -2.44. The Balaban J connectivity index is 1.70. The zero-order valence-corrected chi connectivity index (χ0v) is 19.4. The summed E-state index contributed by atoms with van der Waals surface area (Å²) in [7, 11) is 0. The second-order valence-corrected chi connectivity index (χ2v) is 8.54. The summed E-state index contributed by atoms with van der Waals surface area (Å²) in [4.78, 5) is 41.0. The molecule has 6 nitrogen and oxygen atoms in total. The van der Waals surface area contributed by atoms with E-state index in [4.69, 9.17) is 9.47 Å². The van der Waals surface area contributed by atoms with Crippen molar-refractivity contribution in [1.29, 1.82) is 0 Å². The van der Waals surface area contributed by atoms with Crippen molar-refractivity contribution in [2.45, 2.75) is 38.5 Å². The fourth-order valence-corrected chi connectivity index (χ4v) is 4.41. The summed E-state index contributed by atoms with van der Waals surface area (Å²) in [6.07, 6.45) is -0.955. The van der Waals surface area contributed by atoms with Crippen LogP contribution in [0.3, 0.4) is 0 Å². The molecule has 7 heteroatoms. The SMILES string of the molecule is Cc1cc(F)ccc1C1(C(=O)OCc2ccccc2)CC(=O)CCN1C(=O)OCc1ccccc1. The topological polar surface area (TPSA) is 72.9 Å². The molecule has 0 radical (unpaired) electrons. The second-order valence-electron chi connectivity index (χ2n) is 8.54. The molecule has 4 rings (SSSR count). The van der Waals surface area contributed by atoms with Crippen LogP contribution in [0, 0.1) is 12.7 Å². The normalized spacial score (nSPS) is 17.7. The Bertz CT molecular complexity index is 1210. The van der Waals surface area contributed by atoms with E-state index in [9.17, 15) is 18.8 Å². The van der Waals surface area contributed by atoms with Gasteiger partial charge >= 0.3 is 12.1 Å². The molecule has 0 aromatic heterocycles. The van der Waals surface area contributed by atoms with Crippen molar-refractivity contribution in [3.05, 3.63) is 107 Å². The van der Waals surface area contributed by atoms with Crippen LogP contribution in [-0.4, -0.2) is 29.3 Å². The first-order valence-electron chi connectivity index (χ1n) is 11.4.